The first-order valence-electron chi connectivity index (χ1n) is 7.12. The summed E-state index contributed by atoms with van der Waals surface area (Å²) >= 11 is 0. The lowest BCUT2D eigenvalue weighted by Gasteiger charge is -2.29. The lowest BCUT2D eigenvalue weighted by atomic mass is 9.93. The second kappa shape index (κ2) is 6.61. The summed E-state index contributed by atoms with van der Waals surface area (Å²) in [7, 11) is 0. The molecule has 0 spiro atoms. The number of nitrogens with two attached hydrogens (primary N) is 1. The fourth-order valence-corrected chi connectivity index (χ4v) is 2.54. The van der Waals surface area contributed by atoms with Crippen LogP contribution in [0.15, 0.2) is 0 Å². The molecule has 2 heteroatoms. The van der Waals surface area contributed by atoms with Gasteiger partial charge in [0.15, 0.2) is 0 Å². The molecule has 0 amide bonds. The van der Waals surface area contributed by atoms with Crippen molar-refractivity contribution in [3.8, 4) is 0 Å². The molecule has 2 atom stereocenters. The molecule has 0 heterocycles. The Hall–Kier alpha value is -0.0800. The fraction of sp³-hybridized carbons (Fsp3) is 1.00. The highest BCUT2D eigenvalue weighted by Crippen LogP contribution is 2.23. The molecular formula is C14H30N2. The van der Waals surface area contributed by atoms with Gasteiger partial charge in [-0.3, -0.25) is 0 Å². The van der Waals surface area contributed by atoms with Crippen LogP contribution in [0.4, 0.5) is 0 Å². The maximum Gasteiger partial charge on any atom is 0.0275 e. The van der Waals surface area contributed by atoms with Gasteiger partial charge in [0, 0.05) is 18.1 Å². The van der Waals surface area contributed by atoms with Crippen LogP contribution < -0.4 is 11.1 Å². The van der Waals surface area contributed by atoms with Gasteiger partial charge >= 0.3 is 0 Å². The first kappa shape index (κ1) is 14.0. The van der Waals surface area contributed by atoms with Crippen molar-refractivity contribution in [1.82, 2.24) is 5.32 Å². The van der Waals surface area contributed by atoms with Crippen LogP contribution in [0, 0.1) is 5.92 Å². The molecule has 0 aliphatic heterocycles. The van der Waals surface area contributed by atoms with Gasteiger partial charge in [0.25, 0.3) is 0 Å². The summed E-state index contributed by atoms with van der Waals surface area (Å²) in [6.07, 6.45) is 8.99. The van der Waals surface area contributed by atoms with E-state index in [1.54, 1.807) is 0 Å². The van der Waals surface area contributed by atoms with E-state index in [0.29, 0.717) is 6.04 Å². The van der Waals surface area contributed by atoms with Crippen molar-refractivity contribution in [2.75, 3.05) is 6.54 Å². The van der Waals surface area contributed by atoms with E-state index in [1.807, 2.05) is 0 Å². The van der Waals surface area contributed by atoms with Gasteiger partial charge in [-0.15, -0.1) is 0 Å². The molecule has 1 saturated carbocycles. The molecule has 0 aromatic heterocycles. The average Bonchev–Trinajstić information content (AvgIpc) is 2.51. The fourth-order valence-electron chi connectivity index (χ4n) is 2.54. The molecule has 2 unspecified atom stereocenters. The van der Waals surface area contributed by atoms with Gasteiger partial charge in [-0.1, -0.05) is 33.6 Å². The molecule has 0 saturated heterocycles. The molecule has 1 fully saturated rings. The van der Waals surface area contributed by atoms with Crippen LogP contribution in [0.5, 0.6) is 0 Å². The normalized spacial score (nSPS) is 27.8. The SMILES string of the molecule is CCC(N)(CC)CNC1CCCC(C)CC1. The Morgan fingerprint density at radius 2 is 1.81 bits per heavy atom. The van der Waals surface area contributed by atoms with Crippen molar-refractivity contribution in [1.29, 1.82) is 0 Å². The Bertz CT molecular complexity index is 187. The summed E-state index contributed by atoms with van der Waals surface area (Å²) < 4.78 is 0. The summed E-state index contributed by atoms with van der Waals surface area (Å²) in [5.41, 5.74) is 6.33. The van der Waals surface area contributed by atoms with E-state index in [0.717, 1.165) is 25.3 Å². The number of rotatable bonds is 5. The van der Waals surface area contributed by atoms with Crippen LogP contribution in [-0.4, -0.2) is 18.1 Å². The first-order chi connectivity index (χ1) is 7.59. The maximum atomic E-state index is 6.32. The van der Waals surface area contributed by atoms with Crippen molar-refractivity contribution in [3.05, 3.63) is 0 Å². The van der Waals surface area contributed by atoms with Gasteiger partial charge in [0.2, 0.25) is 0 Å². The standard InChI is InChI=1S/C14H30N2/c1-4-14(15,5-2)11-16-13-8-6-7-12(3)9-10-13/h12-13,16H,4-11,15H2,1-3H3. The quantitative estimate of drug-likeness (QED) is 0.707. The topological polar surface area (TPSA) is 38.0 Å². The van der Waals surface area contributed by atoms with Gasteiger partial charge in [0.05, 0.1) is 0 Å². The summed E-state index contributed by atoms with van der Waals surface area (Å²) in [5.74, 6) is 0.923. The number of nitrogens with one attached hydrogen (secondary N) is 1. The monoisotopic (exact) mass is 226 g/mol. The zero-order valence-corrected chi connectivity index (χ0v) is 11.4. The third-order valence-corrected chi connectivity index (χ3v) is 4.41. The molecular weight excluding hydrogens is 196 g/mol. The minimum Gasteiger partial charge on any atom is -0.324 e. The predicted molar refractivity (Wildman–Crippen MR) is 71.5 cm³/mol. The smallest absolute Gasteiger partial charge is 0.0275 e. The average molecular weight is 226 g/mol. The van der Waals surface area contributed by atoms with Crippen molar-refractivity contribution in [3.63, 3.8) is 0 Å². The van der Waals surface area contributed by atoms with E-state index in [9.17, 15) is 0 Å². The van der Waals surface area contributed by atoms with Crippen LogP contribution >= 0.6 is 0 Å². The highest BCUT2D eigenvalue weighted by atomic mass is 15.0. The predicted octanol–water partition coefficient (Wildman–Crippen LogP) is 3.06. The van der Waals surface area contributed by atoms with E-state index in [-0.39, 0.29) is 5.54 Å². The molecule has 1 aliphatic carbocycles. The van der Waals surface area contributed by atoms with Crippen LogP contribution in [0.1, 0.15) is 65.7 Å². The Morgan fingerprint density at radius 3 is 2.44 bits per heavy atom. The minimum absolute atomic E-state index is 0.0118. The summed E-state index contributed by atoms with van der Waals surface area (Å²) in [6.45, 7) is 7.76. The second-order valence-corrected chi connectivity index (χ2v) is 5.76. The Labute approximate surface area is 101 Å². The van der Waals surface area contributed by atoms with E-state index in [4.69, 9.17) is 5.73 Å². The lowest BCUT2D eigenvalue weighted by molar-refractivity contribution is 0.333. The van der Waals surface area contributed by atoms with Crippen LogP contribution in [0.2, 0.25) is 0 Å². The Balaban J connectivity index is 2.31. The van der Waals surface area contributed by atoms with Crippen molar-refractivity contribution in [2.45, 2.75) is 77.3 Å². The third kappa shape index (κ3) is 4.42. The largest absolute Gasteiger partial charge is 0.324 e. The first-order valence-corrected chi connectivity index (χ1v) is 7.12. The molecule has 0 bridgehead atoms. The third-order valence-electron chi connectivity index (χ3n) is 4.41. The molecule has 1 aliphatic rings. The number of hydrogen-bond acceptors (Lipinski definition) is 2. The highest BCUT2D eigenvalue weighted by molar-refractivity contribution is 4.85. The molecule has 0 radical (unpaired) electrons. The van der Waals surface area contributed by atoms with E-state index >= 15 is 0 Å². The Morgan fingerprint density at radius 1 is 1.12 bits per heavy atom. The zero-order valence-electron chi connectivity index (χ0n) is 11.4. The van der Waals surface area contributed by atoms with Crippen molar-refractivity contribution < 1.29 is 0 Å². The van der Waals surface area contributed by atoms with Crippen molar-refractivity contribution >= 4 is 0 Å². The van der Waals surface area contributed by atoms with Gasteiger partial charge in [-0.25, -0.2) is 0 Å². The molecule has 2 nitrogen and oxygen atoms in total. The van der Waals surface area contributed by atoms with Crippen LogP contribution in [0.3, 0.4) is 0 Å². The lowest BCUT2D eigenvalue weighted by Crippen LogP contribution is -2.50. The van der Waals surface area contributed by atoms with Crippen LogP contribution in [0.25, 0.3) is 0 Å². The zero-order chi connectivity index (χ0) is 12.0. The summed E-state index contributed by atoms with van der Waals surface area (Å²) in [4.78, 5) is 0. The molecule has 3 N–H and O–H groups in total. The van der Waals surface area contributed by atoms with Gasteiger partial charge < -0.3 is 11.1 Å². The molecule has 1 rings (SSSR count). The Kier molecular flexibility index (Phi) is 5.77. The molecule has 0 aromatic rings. The van der Waals surface area contributed by atoms with Crippen molar-refractivity contribution in [2.24, 2.45) is 11.7 Å². The van der Waals surface area contributed by atoms with E-state index in [2.05, 4.69) is 26.1 Å². The molecule has 16 heavy (non-hydrogen) atoms. The van der Waals surface area contributed by atoms with Crippen LogP contribution in [-0.2, 0) is 0 Å². The summed E-state index contributed by atoms with van der Waals surface area (Å²) in [5, 5.41) is 3.70. The minimum atomic E-state index is 0.0118. The van der Waals surface area contributed by atoms with Gasteiger partial charge in [-0.2, -0.15) is 0 Å². The molecule has 96 valence electrons. The van der Waals surface area contributed by atoms with E-state index in [1.165, 1.54) is 32.1 Å². The van der Waals surface area contributed by atoms with Gasteiger partial charge in [0.1, 0.15) is 0 Å². The molecule has 0 aromatic carbocycles. The number of hydrogen-bond donors (Lipinski definition) is 2. The second-order valence-electron chi connectivity index (χ2n) is 5.76. The summed E-state index contributed by atoms with van der Waals surface area (Å²) in [6, 6.07) is 0.714. The highest BCUT2D eigenvalue weighted by Gasteiger charge is 2.22. The van der Waals surface area contributed by atoms with Gasteiger partial charge in [-0.05, 0) is 38.0 Å². The van der Waals surface area contributed by atoms with E-state index < -0.39 is 0 Å². The maximum absolute atomic E-state index is 6.32.